The molecule has 3 aromatic rings. The molecule has 8 heteroatoms. The maximum Gasteiger partial charge on any atom is 0.251 e. The molecule has 0 radical (unpaired) electrons. The van der Waals surface area contributed by atoms with E-state index in [-0.39, 0.29) is 5.91 Å². The Balaban J connectivity index is 1.75. The number of primary amides is 1. The predicted molar refractivity (Wildman–Crippen MR) is 110 cm³/mol. The molecular formula is C19H21N3O3S2. The van der Waals surface area contributed by atoms with E-state index in [9.17, 15) is 4.79 Å². The third kappa shape index (κ3) is 3.23. The van der Waals surface area contributed by atoms with Crippen LogP contribution in [0.25, 0.3) is 10.2 Å². The van der Waals surface area contributed by atoms with Gasteiger partial charge in [-0.15, -0.1) is 11.3 Å². The molecule has 2 heterocycles. The van der Waals surface area contributed by atoms with Crippen molar-refractivity contribution in [1.29, 1.82) is 0 Å². The van der Waals surface area contributed by atoms with E-state index in [1.807, 2.05) is 12.1 Å². The number of rotatable bonds is 5. The highest BCUT2D eigenvalue weighted by Gasteiger charge is 2.27. The van der Waals surface area contributed by atoms with E-state index in [2.05, 4.69) is 17.2 Å². The zero-order chi connectivity index (χ0) is 19.1. The summed E-state index contributed by atoms with van der Waals surface area (Å²) in [5.41, 5.74) is 8.19. The first-order valence-electron chi connectivity index (χ1n) is 8.74. The molecule has 0 fully saturated rings. The number of hydrogen-bond donors (Lipinski definition) is 2. The van der Waals surface area contributed by atoms with Crippen molar-refractivity contribution < 1.29 is 14.3 Å². The molecule has 1 atom stereocenters. The molecule has 3 N–H and O–H groups in total. The van der Waals surface area contributed by atoms with Crippen molar-refractivity contribution in [2.45, 2.75) is 26.2 Å². The van der Waals surface area contributed by atoms with Crippen LogP contribution in [0.2, 0.25) is 0 Å². The average Bonchev–Trinajstić information content (AvgIpc) is 3.20. The van der Waals surface area contributed by atoms with Gasteiger partial charge in [-0.3, -0.25) is 4.79 Å². The van der Waals surface area contributed by atoms with Gasteiger partial charge in [-0.25, -0.2) is 4.98 Å². The van der Waals surface area contributed by atoms with E-state index in [1.54, 1.807) is 25.6 Å². The van der Waals surface area contributed by atoms with Gasteiger partial charge in [0.05, 0.1) is 24.5 Å². The normalized spacial score (nSPS) is 16.2. The van der Waals surface area contributed by atoms with Crippen LogP contribution < -0.4 is 20.5 Å². The van der Waals surface area contributed by atoms with Crippen LogP contribution in [-0.4, -0.2) is 25.1 Å². The first-order valence-corrected chi connectivity index (χ1v) is 10.4. The summed E-state index contributed by atoms with van der Waals surface area (Å²) in [4.78, 5) is 18.0. The number of thiazole rings is 1. The van der Waals surface area contributed by atoms with Gasteiger partial charge >= 0.3 is 0 Å². The monoisotopic (exact) mass is 403 g/mol. The second-order valence-corrected chi connectivity index (χ2v) is 8.88. The Morgan fingerprint density at radius 3 is 2.81 bits per heavy atom. The molecule has 142 valence electrons. The van der Waals surface area contributed by atoms with Crippen LogP contribution in [0.3, 0.4) is 0 Å². The summed E-state index contributed by atoms with van der Waals surface area (Å²) in [6, 6.07) is 3.74. The summed E-state index contributed by atoms with van der Waals surface area (Å²) in [5.74, 6) is 1.62. The van der Waals surface area contributed by atoms with Crippen LogP contribution in [0.5, 0.6) is 11.5 Å². The minimum atomic E-state index is -0.384. The van der Waals surface area contributed by atoms with Gasteiger partial charge in [0.1, 0.15) is 22.0 Å². The standard InChI is InChI=1S/C19H21N3O3S2/c1-9-4-5-11-13(6-9)26-18(15(11)17(20)23)22-19-21-16-12(25-3)7-10(24-2)8-14(16)27-19/h7-9H,4-6H2,1-3H3,(H2,20,23)(H,21,22). The molecule has 1 aliphatic rings. The van der Waals surface area contributed by atoms with Crippen LogP contribution in [0.1, 0.15) is 34.1 Å². The minimum Gasteiger partial charge on any atom is -0.497 e. The van der Waals surface area contributed by atoms with Gasteiger partial charge in [-0.2, -0.15) is 0 Å². The fourth-order valence-electron chi connectivity index (χ4n) is 3.50. The molecule has 6 nitrogen and oxygen atoms in total. The van der Waals surface area contributed by atoms with Crippen LogP contribution in [0.4, 0.5) is 10.1 Å². The summed E-state index contributed by atoms with van der Waals surface area (Å²) in [5, 5.41) is 4.82. The van der Waals surface area contributed by atoms with Gasteiger partial charge in [0.25, 0.3) is 5.91 Å². The minimum absolute atomic E-state index is 0.384. The summed E-state index contributed by atoms with van der Waals surface area (Å²) >= 11 is 3.11. The summed E-state index contributed by atoms with van der Waals surface area (Å²) in [6.07, 6.45) is 2.98. The van der Waals surface area contributed by atoms with Crippen molar-refractivity contribution in [3.05, 3.63) is 28.1 Å². The smallest absolute Gasteiger partial charge is 0.251 e. The Hall–Kier alpha value is -2.32. The van der Waals surface area contributed by atoms with Crippen LogP contribution in [-0.2, 0) is 12.8 Å². The van der Waals surface area contributed by atoms with Gasteiger partial charge in [0, 0.05) is 10.9 Å². The molecule has 0 spiro atoms. The SMILES string of the molecule is COc1cc(OC)c2nc(Nc3sc4c(c3C(N)=O)CCC(C)C4)sc2c1. The topological polar surface area (TPSA) is 86.5 Å². The quantitative estimate of drug-likeness (QED) is 0.662. The maximum absolute atomic E-state index is 12.1. The van der Waals surface area contributed by atoms with E-state index in [0.717, 1.165) is 40.0 Å². The van der Waals surface area contributed by atoms with E-state index in [4.69, 9.17) is 15.2 Å². The lowest BCUT2D eigenvalue weighted by Crippen LogP contribution is -2.17. The zero-order valence-corrected chi connectivity index (χ0v) is 17.1. The molecule has 27 heavy (non-hydrogen) atoms. The summed E-state index contributed by atoms with van der Waals surface area (Å²) in [6.45, 7) is 2.24. The van der Waals surface area contributed by atoms with Crippen molar-refractivity contribution in [3.8, 4) is 11.5 Å². The van der Waals surface area contributed by atoms with Crippen molar-refractivity contribution >= 4 is 48.9 Å². The second-order valence-electron chi connectivity index (χ2n) is 6.74. The number of nitrogens with two attached hydrogens (primary N) is 1. The van der Waals surface area contributed by atoms with Crippen molar-refractivity contribution in [1.82, 2.24) is 4.98 Å². The Bertz CT molecular complexity index is 1030. The molecule has 1 unspecified atom stereocenters. The van der Waals surface area contributed by atoms with E-state index < -0.39 is 0 Å². The Kier molecular flexibility index (Phi) is 4.69. The van der Waals surface area contributed by atoms with Gasteiger partial charge < -0.3 is 20.5 Å². The number of aromatic nitrogens is 1. The third-order valence-corrected chi connectivity index (χ3v) is 6.96. The van der Waals surface area contributed by atoms with Gasteiger partial charge in [0.2, 0.25) is 0 Å². The molecular weight excluding hydrogens is 382 g/mol. The molecule has 0 aliphatic heterocycles. The van der Waals surface area contributed by atoms with Crippen LogP contribution >= 0.6 is 22.7 Å². The number of amides is 1. The molecule has 1 amide bonds. The number of hydrogen-bond acceptors (Lipinski definition) is 7. The molecule has 1 aliphatic carbocycles. The molecule has 2 aromatic heterocycles. The number of benzene rings is 1. The lowest BCUT2D eigenvalue weighted by Gasteiger charge is -2.18. The summed E-state index contributed by atoms with van der Waals surface area (Å²) in [7, 11) is 3.23. The van der Waals surface area contributed by atoms with Gasteiger partial charge in [-0.1, -0.05) is 18.3 Å². The number of fused-ring (bicyclic) bond motifs is 2. The largest absolute Gasteiger partial charge is 0.497 e. The number of anilines is 2. The van der Waals surface area contributed by atoms with E-state index in [1.165, 1.54) is 16.2 Å². The molecule has 0 bridgehead atoms. The Morgan fingerprint density at radius 2 is 2.11 bits per heavy atom. The lowest BCUT2D eigenvalue weighted by atomic mass is 9.88. The lowest BCUT2D eigenvalue weighted by molar-refractivity contribution is 0.1000. The fourth-order valence-corrected chi connectivity index (χ4v) is 5.89. The van der Waals surface area contributed by atoms with Gasteiger partial charge in [-0.05, 0) is 36.8 Å². The maximum atomic E-state index is 12.1. The van der Waals surface area contributed by atoms with Crippen LogP contribution in [0.15, 0.2) is 12.1 Å². The number of carbonyl (C=O) groups is 1. The number of thiophene rings is 1. The molecule has 0 saturated heterocycles. The van der Waals surface area contributed by atoms with Crippen molar-refractivity contribution in [2.75, 3.05) is 19.5 Å². The Morgan fingerprint density at radius 1 is 1.30 bits per heavy atom. The van der Waals surface area contributed by atoms with E-state index >= 15 is 0 Å². The number of nitrogens with one attached hydrogen (secondary N) is 1. The fraction of sp³-hybridized carbons (Fsp3) is 0.368. The Labute approximate surface area is 165 Å². The number of nitrogens with zero attached hydrogens (tertiary/aromatic N) is 1. The first-order chi connectivity index (χ1) is 13.0. The number of methoxy groups -OCH3 is 2. The average molecular weight is 404 g/mol. The first kappa shape index (κ1) is 18.1. The highest BCUT2D eigenvalue weighted by Crippen LogP contribution is 2.42. The number of carbonyl (C=O) groups excluding carboxylic acids is 1. The molecule has 4 rings (SSSR count). The van der Waals surface area contributed by atoms with Crippen molar-refractivity contribution in [2.24, 2.45) is 11.7 Å². The highest BCUT2D eigenvalue weighted by molar-refractivity contribution is 7.23. The predicted octanol–water partition coefficient (Wildman–Crippen LogP) is 4.34. The molecule has 1 aromatic carbocycles. The van der Waals surface area contributed by atoms with E-state index in [0.29, 0.717) is 28.1 Å². The second kappa shape index (κ2) is 7.01. The third-order valence-electron chi connectivity index (χ3n) is 4.87. The highest BCUT2D eigenvalue weighted by atomic mass is 32.1. The zero-order valence-electron chi connectivity index (χ0n) is 15.4. The summed E-state index contributed by atoms with van der Waals surface area (Å²) < 4.78 is 11.7. The van der Waals surface area contributed by atoms with Crippen LogP contribution in [0, 0.1) is 5.92 Å². The molecule has 0 saturated carbocycles. The number of ether oxygens (including phenoxy) is 2. The van der Waals surface area contributed by atoms with Crippen molar-refractivity contribution in [3.63, 3.8) is 0 Å². The van der Waals surface area contributed by atoms with Gasteiger partial charge in [0.15, 0.2) is 5.13 Å².